The van der Waals surface area contributed by atoms with E-state index in [9.17, 15) is 9.90 Å². The molecular weight excluding hydrogens is 198 g/mol. The Balaban J connectivity index is 3.06. The average molecular weight is 211 g/mol. The summed E-state index contributed by atoms with van der Waals surface area (Å²) < 4.78 is 9.43. The first-order valence-electron chi connectivity index (χ1n) is 4.30. The van der Waals surface area contributed by atoms with Crippen LogP contribution in [0.1, 0.15) is 11.6 Å². The van der Waals surface area contributed by atoms with E-state index in [1.807, 2.05) is 0 Å². The molecule has 0 aliphatic carbocycles. The molecule has 1 aromatic rings. The van der Waals surface area contributed by atoms with E-state index in [2.05, 4.69) is 4.74 Å². The molecule has 0 aliphatic heterocycles. The molecule has 1 atom stereocenters. The van der Waals surface area contributed by atoms with Gasteiger partial charge in [-0.2, -0.15) is 0 Å². The molecule has 0 amide bonds. The van der Waals surface area contributed by atoms with Gasteiger partial charge in [0.05, 0.1) is 14.2 Å². The number of aromatic hydroxyl groups is 1. The number of phenols is 1. The molecule has 0 fully saturated rings. The fourth-order valence-electron chi connectivity index (χ4n) is 1.16. The van der Waals surface area contributed by atoms with E-state index in [4.69, 9.17) is 10.5 Å². The fourth-order valence-corrected chi connectivity index (χ4v) is 1.16. The Kier molecular flexibility index (Phi) is 3.51. The van der Waals surface area contributed by atoms with Crippen molar-refractivity contribution in [3.8, 4) is 11.5 Å². The van der Waals surface area contributed by atoms with Gasteiger partial charge >= 0.3 is 5.97 Å². The van der Waals surface area contributed by atoms with Crippen LogP contribution < -0.4 is 10.5 Å². The predicted molar refractivity (Wildman–Crippen MR) is 53.6 cm³/mol. The zero-order chi connectivity index (χ0) is 11.4. The van der Waals surface area contributed by atoms with E-state index in [0.29, 0.717) is 5.75 Å². The Morgan fingerprint density at radius 2 is 2.13 bits per heavy atom. The normalized spacial score (nSPS) is 11.9. The number of methoxy groups -OCH3 is 2. The summed E-state index contributed by atoms with van der Waals surface area (Å²) in [5.41, 5.74) is 5.86. The minimum absolute atomic E-state index is 0.0614. The number of hydrogen-bond donors (Lipinski definition) is 2. The van der Waals surface area contributed by atoms with E-state index in [1.165, 1.54) is 26.4 Å². The van der Waals surface area contributed by atoms with Crippen molar-refractivity contribution in [3.63, 3.8) is 0 Å². The Labute approximate surface area is 87.4 Å². The van der Waals surface area contributed by atoms with Crippen LogP contribution in [0.25, 0.3) is 0 Å². The lowest BCUT2D eigenvalue weighted by atomic mass is 10.1. The van der Waals surface area contributed by atoms with Crippen molar-refractivity contribution < 1.29 is 19.4 Å². The Morgan fingerprint density at radius 1 is 1.47 bits per heavy atom. The highest BCUT2D eigenvalue weighted by molar-refractivity contribution is 5.78. The van der Waals surface area contributed by atoms with Crippen LogP contribution in [0.2, 0.25) is 0 Å². The number of carbonyl (C=O) groups excluding carboxylic acids is 1. The summed E-state index contributed by atoms with van der Waals surface area (Å²) in [5, 5.41) is 9.50. The van der Waals surface area contributed by atoms with E-state index in [0.717, 1.165) is 0 Å². The van der Waals surface area contributed by atoms with Crippen LogP contribution in [-0.4, -0.2) is 25.3 Å². The number of hydrogen-bond acceptors (Lipinski definition) is 5. The molecule has 0 spiro atoms. The highest BCUT2D eigenvalue weighted by atomic mass is 16.5. The lowest BCUT2D eigenvalue weighted by molar-refractivity contribution is -0.142. The molecule has 0 heterocycles. The van der Waals surface area contributed by atoms with Crippen LogP contribution in [0.15, 0.2) is 18.2 Å². The predicted octanol–water partition coefficient (Wildman–Crippen LogP) is 0.574. The van der Waals surface area contributed by atoms with Crippen LogP contribution >= 0.6 is 0 Å². The van der Waals surface area contributed by atoms with Gasteiger partial charge in [-0.15, -0.1) is 0 Å². The Morgan fingerprint density at radius 3 is 2.67 bits per heavy atom. The lowest BCUT2D eigenvalue weighted by Gasteiger charge is -2.12. The fraction of sp³-hybridized carbons (Fsp3) is 0.300. The molecule has 1 aromatic carbocycles. The summed E-state index contributed by atoms with van der Waals surface area (Å²) in [5.74, 6) is -0.158. The maximum absolute atomic E-state index is 11.2. The lowest BCUT2D eigenvalue weighted by Crippen LogP contribution is -2.22. The van der Waals surface area contributed by atoms with Crippen molar-refractivity contribution in [2.24, 2.45) is 5.73 Å². The molecule has 0 saturated carbocycles. The second-order valence-corrected chi connectivity index (χ2v) is 2.93. The van der Waals surface area contributed by atoms with E-state index >= 15 is 0 Å². The summed E-state index contributed by atoms with van der Waals surface area (Å²) >= 11 is 0. The molecule has 0 radical (unpaired) electrons. The average Bonchev–Trinajstić information content (AvgIpc) is 2.27. The molecule has 82 valence electrons. The monoisotopic (exact) mass is 211 g/mol. The summed E-state index contributed by atoms with van der Waals surface area (Å²) in [7, 11) is 2.72. The first kappa shape index (κ1) is 11.3. The molecule has 1 rings (SSSR count). The molecule has 0 aliphatic rings. The van der Waals surface area contributed by atoms with Crippen molar-refractivity contribution in [1.29, 1.82) is 0 Å². The smallest absolute Gasteiger partial charge is 0.327 e. The number of benzene rings is 1. The molecular formula is C10H13NO4. The zero-order valence-corrected chi connectivity index (χ0v) is 8.56. The maximum Gasteiger partial charge on any atom is 0.327 e. The highest BCUT2D eigenvalue weighted by Gasteiger charge is 2.20. The van der Waals surface area contributed by atoms with Gasteiger partial charge in [0.1, 0.15) is 17.5 Å². The van der Waals surface area contributed by atoms with Gasteiger partial charge < -0.3 is 20.3 Å². The maximum atomic E-state index is 11.2. The Bertz CT molecular complexity index is 364. The summed E-state index contributed by atoms with van der Waals surface area (Å²) in [6.45, 7) is 0. The summed E-state index contributed by atoms with van der Waals surface area (Å²) in [6, 6.07) is 3.47. The second kappa shape index (κ2) is 4.65. The van der Waals surface area contributed by atoms with Crippen LogP contribution in [0.5, 0.6) is 11.5 Å². The van der Waals surface area contributed by atoms with E-state index in [-0.39, 0.29) is 11.3 Å². The first-order valence-corrected chi connectivity index (χ1v) is 4.30. The molecule has 5 heteroatoms. The van der Waals surface area contributed by atoms with Crippen LogP contribution in [0, 0.1) is 0 Å². The number of esters is 1. The van der Waals surface area contributed by atoms with Gasteiger partial charge in [0, 0.05) is 5.56 Å². The third-order valence-electron chi connectivity index (χ3n) is 2.02. The highest BCUT2D eigenvalue weighted by Crippen LogP contribution is 2.27. The second-order valence-electron chi connectivity index (χ2n) is 2.93. The molecule has 0 unspecified atom stereocenters. The number of nitrogens with two attached hydrogens (primary N) is 1. The molecule has 3 N–H and O–H groups in total. The first-order chi connectivity index (χ1) is 7.10. The van der Waals surface area contributed by atoms with Crippen molar-refractivity contribution in [1.82, 2.24) is 0 Å². The SMILES string of the molecule is COC(=O)[C@H](N)c1cc(OC)ccc1O. The van der Waals surface area contributed by atoms with Crippen LogP contribution in [0.3, 0.4) is 0 Å². The quantitative estimate of drug-likeness (QED) is 0.714. The van der Waals surface area contributed by atoms with Gasteiger partial charge in [-0.1, -0.05) is 0 Å². The van der Waals surface area contributed by atoms with Crippen molar-refractivity contribution in [2.45, 2.75) is 6.04 Å². The van der Waals surface area contributed by atoms with Crippen molar-refractivity contribution in [3.05, 3.63) is 23.8 Å². The largest absolute Gasteiger partial charge is 0.508 e. The van der Waals surface area contributed by atoms with Crippen LogP contribution in [0.4, 0.5) is 0 Å². The molecule has 0 saturated heterocycles. The Hall–Kier alpha value is -1.75. The number of phenolic OH excluding ortho intramolecular Hbond substituents is 1. The molecule has 0 bridgehead atoms. The van der Waals surface area contributed by atoms with Crippen LogP contribution in [-0.2, 0) is 9.53 Å². The minimum Gasteiger partial charge on any atom is -0.508 e. The van der Waals surface area contributed by atoms with Crippen molar-refractivity contribution >= 4 is 5.97 Å². The van der Waals surface area contributed by atoms with Gasteiger partial charge in [0.25, 0.3) is 0 Å². The number of ether oxygens (including phenoxy) is 2. The third kappa shape index (κ3) is 2.38. The van der Waals surface area contributed by atoms with Gasteiger partial charge in [-0.05, 0) is 18.2 Å². The third-order valence-corrected chi connectivity index (χ3v) is 2.02. The van der Waals surface area contributed by atoms with Gasteiger partial charge in [0.15, 0.2) is 0 Å². The van der Waals surface area contributed by atoms with Gasteiger partial charge in [0.2, 0.25) is 0 Å². The standard InChI is InChI=1S/C10H13NO4/c1-14-6-3-4-8(12)7(5-6)9(11)10(13)15-2/h3-5,9,12H,11H2,1-2H3/t9-/m1/s1. The molecule has 0 aromatic heterocycles. The number of rotatable bonds is 3. The van der Waals surface area contributed by atoms with E-state index < -0.39 is 12.0 Å². The topological polar surface area (TPSA) is 81.8 Å². The summed E-state index contributed by atoms with van der Waals surface area (Å²) in [4.78, 5) is 11.2. The molecule has 5 nitrogen and oxygen atoms in total. The minimum atomic E-state index is -1.01. The van der Waals surface area contributed by atoms with Gasteiger partial charge in [-0.3, -0.25) is 4.79 Å². The summed E-state index contributed by atoms with van der Waals surface area (Å²) in [6.07, 6.45) is 0. The molecule has 15 heavy (non-hydrogen) atoms. The zero-order valence-electron chi connectivity index (χ0n) is 8.56. The van der Waals surface area contributed by atoms with E-state index in [1.54, 1.807) is 6.07 Å². The number of carbonyl (C=O) groups is 1. The van der Waals surface area contributed by atoms with Gasteiger partial charge in [-0.25, -0.2) is 0 Å². The van der Waals surface area contributed by atoms with Crippen molar-refractivity contribution in [2.75, 3.05) is 14.2 Å².